The van der Waals surface area contributed by atoms with Crippen LogP contribution in [0.25, 0.3) is 0 Å². The van der Waals surface area contributed by atoms with Crippen molar-refractivity contribution in [1.82, 2.24) is 10.2 Å². The van der Waals surface area contributed by atoms with E-state index in [9.17, 15) is 9.59 Å². The molecule has 0 saturated carbocycles. The molecule has 1 amide bonds. The second-order valence-electron chi connectivity index (χ2n) is 5.21. The van der Waals surface area contributed by atoms with E-state index in [1.54, 1.807) is 0 Å². The van der Waals surface area contributed by atoms with E-state index in [1.165, 1.54) is 0 Å². The van der Waals surface area contributed by atoms with Gasteiger partial charge in [-0.3, -0.25) is 14.5 Å². The molecular formula is C15H20N2O4. The molecule has 0 radical (unpaired) electrons. The number of carboxylic acid groups (broad SMARTS) is 1. The summed E-state index contributed by atoms with van der Waals surface area (Å²) in [6.45, 7) is 3.08. The molecule has 0 aromatic heterocycles. The van der Waals surface area contributed by atoms with Crippen molar-refractivity contribution in [3.8, 4) is 0 Å². The number of ether oxygens (including phenoxy) is 1. The summed E-state index contributed by atoms with van der Waals surface area (Å²) < 4.78 is 5.91. The van der Waals surface area contributed by atoms with Crippen molar-refractivity contribution in [3.63, 3.8) is 0 Å². The van der Waals surface area contributed by atoms with Crippen LogP contribution in [0.3, 0.4) is 0 Å². The summed E-state index contributed by atoms with van der Waals surface area (Å²) in [6, 6.07) is 9.88. The largest absolute Gasteiger partial charge is 0.480 e. The lowest BCUT2D eigenvalue weighted by Gasteiger charge is -2.36. The van der Waals surface area contributed by atoms with Crippen LogP contribution in [-0.4, -0.2) is 54.2 Å². The maximum atomic E-state index is 11.7. The zero-order valence-electron chi connectivity index (χ0n) is 12.0. The normalized spacial score (nSPS) is 22.7. The van der Waals surface area contributed by atoms with E-state index >= 15 is 0 Å². The van der Waals surface area contributed by atoms with Gasteiger partial charge in [-0.1, -0.05) is 30.3 Å². The molecular weight excluding hydrogens is 272 g/mol. The zero-order valence-corrected chi connectivity index (χ0v) is 12.0. The zero-order chi connectivity index (χ0) is 15.2. The predicted octanol–water partition coefficient (Wildman–Crippen LogP) is 0.649. The molecule has 1 aromatic carbocycles. The van der Waals surface area contributed by atoms with E-state index in [0.717, 1.165) is 5.56 Å². The molecule has 6 nitrogen and oxygen atoms in total. The van der Waals surface area contributed by atoms with Gasteiger partial charge in [0.2, 0.25) is 5.91 Å². The van der Waals surface area contributed by atoms with Crippen LogP contribution in [0, 0.1) is 0 Å². The molecule has 0 spiro atoms. The number of nitrogens with one attached hydrogen (secondary N) is 1. The number of benzene rings is 1. The van der Waals surface area contributed by atoms with Gasteiger partial charge in [-0.2, -0.15) is 0 Å². The molecule has 1 aliphatic heterocycles. The molecule has 1 heterocycles. The third-order valence-corrected chi connectivity index (χ3v) is 3.31. The van der Waals surface area contributed by atoms with Gasteiger partial charge in [-0.05, 0) is 12.5 Å². The first-order valence-corrected chi connectivity index (χ1v) is 6.96. The van der Waals surface area contributed by atoms with Gasteiger partial charge in [-0.25, -0.2) is 0 Å². The van der Waals surface area contributed by atoms with E-state index in [2.05, 4.69) is 5.32 Å². The molecule has 0 aliphatic carbocycles. The Kier molecular flexibility index (Phi) is 5.30. The minimum atomic E-state index is -1.04. The van der Waals surface area contributed by atoms with Crippen molar-refractivity contribution in [3.05, 3.63) is 35.9 Å². The van der Waals surface area contributed by atoms with Crippen LogP contribution in [-0.2, 0) is 14.3 Å². The van der Waals surface area contributed by atoms with Crippen LogP contribution >= 0.6 is 0 Å². The van der Waals surface area contributed by atoms with Gasteiger partial charge in [-0.15, -0.1) is 0 Å². The highest BCUT2D eigenvalue weighted by atomic mass is 16.5. The van der Waals surface area contributed by atoms with Crippen molar-refractivity contribution >= 4 is 11.9 Å². The maximum Gasteiger partial charge on any atom is 0.322 e. The quantitative estimate of drug-likeness (QED) is 0.833. The van der Waals surface area contributed by atoms with Crippen LogP contribution in [0.4, 0.5) is 0 Å². The standard InChI is InChI=1S/C15H20N2O4/c1-11-8-17(10-14(18)16-7-15(19)20)9-13(21-11)12-5-3-2-4-6-12/h2-6,11,13H,7-10H2,1H3,(H,16,18)(H,19,20). The number of carboxylic acids is 1. The van der Waals surface area contributed by atoms with Crippen LogP contribution < -0.4 is 5.32 Å². The highest BCUT2D eigenvalue weighted by molar-refractivity contribution is 5.82. The molecule has 0 bridgehead atoms. The Morgan fingerprint density at radius 2 is 2.05 bits per heavy atom. The number of aliphatic carboxylic acids is 1. The molecule has 2 N–H and O–H groups in total. The van der Waals surface area contributed by atoms with Crippen molar-refractivity contribution in [2.75, 3.05) is 26.2 Å². The number of amides is 1. The lowest BCUT2D eigenvalue weighted by Crippen LogP contribution is -2.47. The number of carbonyl (C=O) groups is 2. The summed E-state index contributed by atoms with van der Waals surface area (Å²) in [5.41, 5.74) is 1.08. The van der Waals surface area contributed by atoms with Crippen molar-refractivity contribution in [2.45, 2.75) is 19.1 Å². The van der Waals surface area contributed by atoms with Gasteiger partial charge in [0.25, 0.3) is 0 Å². The van der Waals surface area contributed by atoms with Crippen molar-refractivity contribution in [1.29, 1.82) is 0 Å². The topological polar surface area (TPSA) is 78.9 Å². The first-order valence-electron chi connectivity index (χ1n) is 6.96. The van der Waals surface area contributed by atoms with Crippen LogP contribution in [0.2, 0.25) is 0 Å². The van der Waals surface area contributed by atoms with E-state index in [1.807, 2.05) is 42.2 Å². The second kappa shape index (κ2) is 7.19. The molecule has 2 rings (SSSR count). The van der Waals surface area contributed by atoms with E-state index in [0.29, 0.717) is 13.1 Å². The van der Waals surface area contributed by atoms with Gasteiger partial charge in [0.15, 0.2) is 0 Å². The Labute approximate surface area is 123 Å². The highest BCUT2D eigenvalue weighted by Crippen LogP contribution is 2.24. The van der Waals surface area contributed by atoms with Gasteiger partial charge in [0, 0.05) is 13.1 Å². The number of morpholine rings is 1. The third kappa shape index (κ3) is 4.84. The van der Waals surface area contributed by atoms with Crippen molar-refractivity contribution < 1.29 is 19.4 Å². The molecule has 6 heteroatoms. The van der Waals surface area contributed by atoms with Crippen molar-refractivity contribution in [2.24, 2.45) is 0 Å². The number of hydrogen-bond donors (Lipinski definition) is 2. The van der Waals surface area contributed by atoms with E-state index in [-0.39, 0.29) is 31.2 Å². The van der Waals surface area contributed by atoms with Gasteiger partial charge < -0.3 is 15.2 Å². The fourth-order valence-electron chi connectivity index (χ4n) is 2.45. The number of carbonyl (C=O) groups excluding carboxylic acids is 1. The molecule has 2 atom stereocenters. The van der Waals surface area contributed by atoms with Crippen LogP contribution in [0.5, 0.6) is 0 Å². The number of nitrogens with zero attached hydrogens (tertiary/aromatic N) is 1. The van der Waals surface area contributed by atoms with E-state index < -0.39 is 5.97 Å². The molecule has 2 unspecified atom stereocenters. The van der Waals surface area contributed by atoms with Gasteiger partial charge >= 0.3 is 5.97 Å². The number of hydrogen-bond acceptors (Lipinski definition) is 4. The van der Waals surface area contributed by atoms with Gasteiger partial charge in [0.05, 0.1) is 18.8 Å². The molecule has 21 heavy (non-hydrogen) atoms. The maximum absolute atomic E-state index is 11.7. The Morgan fingerprint density at radius 1 is 1.33 bits per heavy atom. The first kappa shape index (κ1) is 15.5. The minimum Gasteiger partial charge on any atom is -0.480 e. The van der Waals surface area contributed by atoms with Crippen LogP contribution in [0.1, 0.15) is 18.6 Å². The summed E-state index contributed by atoms with van der Waals surface area (Å²) in [6.07, 6.45) is -0.0431. The molecule has 1 aliphatic rings. The Bertz CT molecular complexity index is 492. The Morgan fingerprint density at radius 3 is 2.71 bits per heavy atom. The average Bonchev–Trinajstić information content (AvgIpc) is 2.45. The lowest BCUT2D eigenvalue weighted by atomic mass is 10.1. The van der Waals surface area contributed by atoms with Gasteiger partial charge in [0.1, 0.15) is 6.54 Å². The monoisotopic (exact) mass is 292 g/mol. The average molecular weight is 292 g/mol. The molecule has 1 saturated heterocycles. The molecule has 1 fully saturated rings. The Balaban J connectivity index is 1.92. The second-order valence-corrected chi connectivity index (χ2v) is 5.21. The smallest absolute Gasteiger partial charge is 0.322 e. The predicted molar refractivity (Wildman–Crippen MR) is 76.8 cm³/mol. The Hall–Kier alpha value is -1.92. The van der Waals surface area contributed by atoms with E-state index in [4.69, 9.17) is 9.84 Å². The number of rotatable bonds is 5. The highest BCUT2D eigenvalue weighted by Gasteiger charge is 2.27. The summed E-state index contributed by atoms with van der Waals surface area (Å²) in [4.78, 5) is 24.1. The van der Waals surface area contributed by atoms with Crippen LogP contribution in [0.15, 0.2) is 30.3 Å². The minimum absolute atomic E-state index is 0.0243. The summed E-state index contributed by atoms with van der Waals surface area (Å²) in [5, 5.41) is 10.9. The summed E-state index contributed by atoms with van der Waals surface area (Å²) >= 11 is 0. The fourth-order valence-corrected chi connectivity index (χ4v) is 2.45. The molecule has 1 aromatic rings. The SMILES string of the molecule is CC1CN(CC(=O)NCC(=O)O)CC(c2ccccc2)O1. The lowest BCUT2D eigenvalue weighted by molar-refractivity contribution is -0.138. The summed E-state index contributed by atoms with van der Waals surface area (Å²) in [7, 11) is 0. The molecule has 114 valence electrons. The first-order chi connectivity index (χ1) is 10.0. The summed E-state index contributed by atoms with van der Waals surface area (Å²) in [5.74, 6) is -1.32. The fraction of sp³-hybridized carbons (Fsp3) is 0.467. The third-order valence-electron chi connectivity index (χ3n) is 3.31.